The summed E-state index contributed by atoms with van der Waals surface area (Å²) in [5.74, 6) is -0.00372. The number of aliphatic hydroxyl groups excluding tert-OH is 1. The Kier molecular flexibility index (Phi) is 11.0. The van der Waals surface area contributed by atoms with Gasteiger partial charge in [-0.3, -0.25) is 18.7 Å². The highest BCUT2D eigenvalue weighted by Gasteiger charge is 2.56. The Morgan fingerprint density at radius 2 is 1.45 bits per heavy atom. The van der Waals surface area contributed by atoms with E-state index in [1.165, 1.54) is 16.8 Å². The van der Waals surface area contributed by atoms with E-state index < -0.39 is 58.6 Å². The standard InChI is InChI=1S/C31H50N2O9Si2/c1-30(2,3)43(8,9)41-25-26(42-44(10,11)31(4,5)6)28(39-24(36)17-19-34)40-27(25)32-18-16-23(35)33(29(32)37)20-21-12-14-22(38-7)15-13-21/h12-16,18,25-28,34H,17,19-20H2,1-11H3/t25-,26-,27-,28?/m1/s1. The van der Waals surface area contributed by atoms with Crippen molar-refractivity contribution in [3.05, 3.63) is 62.9 Å². The van der Waals surface area contributed by atoms with Gasteiger partial charge in [0.15, 0.2) is 22.9 Å². The van der Waals surface area contributed by atoms with Crippen LogP contribution in [0, 0.1) is 0 Å². The lowest BCUT2D eigenvalue weighted by Crippen LogP contribution is -2.54. The predicted molar refractivity (Wildman–Crippen MR) is 173 cm³/mol. The van der Waals surface area contributed by atoms with Crippen molar-refractivity contribution in [1.29, 1.82) is 0 Å². The van der Waals surface area contributed by atoms with Crippen LogP contribution >= 0.6 is 0 Å². The van der Waals surface area contributed by atoms with Crippen molar-refractivity contribution >= 4 is 22.6 Å². The second kappa shape index (κ2) is 13.4. The van der Waals surface area contributed by atoms with Crippen LogP contribution in [0.25, 0.3) is 0 Å². The molecule has 4 atom stereocenters. The van der Waals surface area contributed by atoms with Crippen LogP contribution in [0.3, 0.4) is 0 Å². The first-order valence-corrected chi connectivity index (χ1v) is 20.8. The van der Waals surface area contributed by atoms with Gasteiger partial charge in [-0.05, 0) is 54.0 Å². The van der Waals surface area contributed by atoms with E-state index in [-0.39, 0.29) is 29.6 Å². The molecule has 1 aliphatic heterocycles. The molecular weight excluding hydrogens is 601 g/mol. The normalized spacial score (nSPS) is 21.4. The molecule has 1 saturated heterocycles. The summed E-state index contributed by atoms with van der Waals surface area (Å²) in [5, 5.41) is 8.96. The molecule has 0 saturated carbocycles. The molecule has 0 spiro atoms. The first kappa shape index (κ1) is 35.9. The van der Waals surface area contributed by atoms with Crippen molar-refractivity contribution in [2.75, 3.05) is 13.7 Å². The second-order valence-corrected chi connectivity index (χ2v) is 23.8. The van der Waals surface area contributed by atoms with Gasteiger partial charge in [-0.2, -0.15) is 0 Å². The molecule has 1 N–H and O–H groups in total. The van der Waals surface area contributed by atoms with Crippen LogP contribution in [-0.4, -0.2) is 69.1 Å². The molecule has 1 fully saturated rings. The molecule has 1 unspecified atom stereocenters. The fourth-order valence-corrected chi connectivity index (χ4v) is 6.84. The van der Waals surface area contributed by atoms with E-state index in [0.29, 0.717) is 5.75 Å². The zero-order chi connectivity index (χ0) is 33.3. The average molecular weight is 651 g/mol. The first-order valence-electron chi connectivity index (χ1n) is 15.0. The summed E-state index contributed by atoms with van der Waals surface area (Å²) in [6, 6.07) is 8.42. The summed E-state index contributed by atoms with van der Waals surface area (Å²) in [4.78, 5) is 39.6. The highest BCUT2D eigenvalue weighted by atomic mass is 28.4. The summed E-state index contributed by atoms with van der Waals surface area (Å²) in [6.07, 6.45) is -2.83. The molecule has 0 amide bonds. The number of ether oxygens (including phenoxy) is 3. The van der Waals surface area contributed by atoms with Crippen molar-refractivity contribution < 1.29 is 33.0 Å². The number of aromatic nitrogens is 2. The molecule has 246 valence electrons. The summed E-state index contributed by atoms with van der Waals surface area (Å²) in [6.45, 7) is 20.6. The van der Waals surface area contributed by atoms with E-state index >= 15 is 0 Å². The number of carbonyl (C=O) groups excluding carboxylic acids is 1. The summed E-state index contributed by atoms with van der Waals surface area (Å²) in [7, 11) is -3.47. The molecule has 2 heterocycles. The fraction of sp³-hybridized carbons (Fsp3) is 0.645. The van der Waals surface area contributed by atoms with Gasteiger partial charge in [0.05, 0.1) is 26.7 Å². The number of aliphatic hydroxyl groups is 1. The lowest BCUT2D eigenvalue weighted by molar-refractivity contribution is -0.192. The zero-order valence-corrected chi connectivity index (χ0v) is 30.0. The summed E-state index contributed by atoms with van der Waals surface area (Å²) in [5.41, 5.74) is -0.336. The quantitative estimate of drug-likeness (QED) is 0.274. The number of esters is 1. The number of benzene rings is 1. The third-order valence-corrected chi connectivity index (χ3v) is 18.0. The summed E-state index contributed by atoms with van der Waals surface area (Å²) < 4.78 is 33.6. The molecular formula is C31H50N2O9Si2. The Morgan fingerprint density at radius 1 is 0.909 bits per heavy atom. The summed E-state index contributed by atoms with van der Waals surface area (Å²) >= 11 is 0. The van der Waals surface area contributed by atoms with Gasteiger partial charge in [0.2, 0.25) is 6.29 Å². The molecule has 0 radical (unpaired) electrons. The molecule has 11 nitrogen and oxygen atoms in total. The van der Waals surface area contributed by atoms with Gasteiger partial charge >= 0.3 is 11.7 Å². The highest BCUT2D eigenvalue weighted by molar-refractivity contribution is 6.74. The van der Waals surface area contributed by atoms with Crippen molar-refractivity contribution in [1.82, 2.24) is 9.13 Å². The molecule has 1 aromatic carbocycles. The lowest BCUT2D eigenvalue weighted by Gasteiger charge is -2.43. The largest absolute Gasteiger partial charge is 0.497 e. The van der Waals surface area contributed by atoms with E-state index in [0.717, 1.165) is 10.1 Å². The number of methoxy groups -OCH3 is 1. The Balaban J connectivity index is 2.17. The minimum atomic E-state index is -2.53. The van der Waals surface area contributed by atoms with Gasteiger partial charge < -0.3 is 28.2 Å². The predicted octanol–water partition coefficient (Wildman–Crippen LogP) is 4.63. The van der Waals surface area contributed by atoms with Crippen LogP contribution in [0.2, 0.25) is 36.3 Å². The van der Waals surface area contributed by atoms with E-state index in [2.05, 4.69) is 67.7 Å². The minimum absolute atomic E-state index is 0.0296. The number of carbonyl (C=O) groups is 1. The number of nitrogens with zero attached hydrogens (tertiary/aromatic N) is 2. The maximum absolute atomic E-state index is 14.0. The molecule has 1 aliphatic rings. The van der Waals surface area contributed by atoms with Gasteiger partial charge in [0.1, 0.15) is 18.0 Å². The molecule has 1 aromatic heterocycles. The second-order valence-electron chi connectivity index (χ2n) is 14.3. The molecule has 2 aromatic rings. The van der Waals surface area contributed by atoms with Crippen LogP contribution in [0.15, 0.2) is 46.1 Å². The van der Waals surface area contributed by atoms with Gasteiger partial charge in [0.25, 0.3) is 5.56 Å². The number of rotatable bonds is 11. The van der Waals surface area contributed by atoms with Crippen LogP contribution in [0.4, 0.5) is 0 Å². The topological polar surface area (TPSA) is 127 Å². The van der Waals surface area contributed by atoms with E-state index in [9.17, 15) is 19.5 Å². The smallest absolute Gasteiger partial charge is 0.333 e. The SMILES string of the molecule is COc1ccc(Cn2c(=O)ccn([C@@H]3OC(OC(=O)CCO)[C@H](O[Si](C)(C)C(C)(C)C)[C@H]3O[Si](C)(C)C(C)(C)C)c2=O)cc1. The monoisotopic (exact) mass is 650 g/mol. The zero-order valence-electron chi connectivity index (χ0n) is 28.0. The van der Waals surface area contributed by atoms with E-state index in [1.54, 1.807) is 31.4 Å². The van der Waals surface area contributed by atoms with Crippen LogP contribution in [-0.2, 0) is 29.7 Å². The third kappa shape index (κ3) is 7.98. The maximum Gasteiger partial charge on any atom is 0.333 e. The van der Waals surface area contributed by atoms with E-state index in [4.69, 9.17) is 23.1 Å². The molecule has 0 bridgehead atoms. The van der Waals surface area contributed by atoms with Gasteiger partial charge in [-0.25, -0.2) is 4.79 Å². The van der Waals surface area contributed by atoms with Crippen LogP contribution in [0.5, 0.6) is 5.75 Å². The molecule has 13 heteroatoms. The Bertz CT molecular complexity index is 1410. The average Bonchev–Trinajstić information content (AvgIpc) is 3.20. The number of hydrogen-bond acceptors (Lipinski definition) is 9. The molecule has 44 heavy (non-hydrogen) atoms. The highest BCUT2D eigenvalue weighted by Crippen LogP contribution is 2.45. The van der Waals surface area contributed by atoms with Gasteiger partial charge in [0, 0.05) is 12.3 Å². The fourth-order valence-electron chi connectivity index (χ4n) is 4.27. The number of hydrogen-bond donors (Lipinski definition) is 1. The van der Waals surface area contributed by atoms with Gasteiger partial charge in [-0.1, -0.05) is 53.7 Å². The molecule has 0 aliphatic carbocycles. The molecule has 3 rings (SSSR count). The first-order chi connectivity index (χ1) is 20.2. The third-order valence-electron chi connectivity index (χ3n) is 9.05. The maximum atomic E-state index is 14.0. The lowest BCUT2D eigenvalue weighted by atomic mass is 10.2. The van der Waals surface area contributed by atoms with Crippen LogP contribution in [0.1, 0.15) is 59.8 Å². The Morgan fingerprint density at radius 3 is 1.95 bits per heavy atom. The van der Waals surface area contributed by atoms with Crippen LogP contribution < -0.4 is 16.0 Å². The van der Waals surface area contributed by atoms with Gasteiger partial charge in [-0.15, -0.1) is 0 Å². The Hall–Kier alpha value is -2.56. The minimum Gasteiger partial charge on any atom is -0.497 e. The van der Waals surface area contributed by atoms with Crippen molar-refractivity contribution in [3.8, 4) is 5.75 Å². The van der Waals surface area contributed by atoms with E-state index in [1.807, 2.05) is 0 Å². The Labute approximate surface area is 262 Å². The van der Waals surface area contributed by atoms with Crippen molar-refractivity contribution in [2.24, 2.45) is 0 Å². The van der Waals surface area contributed by atoms with Crippen molar-refractivity contribution in [3.63, 3.8) is 0 Å². The van der Waals surface area contributed by atoms with Crippen molar-refractivity contribution in [2.45, 2.75) is 115 Å².